The van der Waals surface area contributed by atoms with E-state index in [1.165, 1.54) is 6.33 Å². The zero-order chi connectivity index (χ0) is 18.8. The Balaban J connectivity index is 1.50. The van der Waals surface area contributed by atoms with Crippen LogP contribution >= 0.6 is 0 Å². The molecule has 28 heavy (non-hydrogen) atoms. The van der Waals surface area contributed by atoms with Crippen LogP contribution in [0.5, 0.6) is 0 Å². The molecule has 0 radical (unpaired) electrons. The Kier molecular flexibility index (Phi) is 3.98. The maximum atomic E-state index is 4.71. The van der Waals surface area contributed by atoms with Gasteiger partial charge < -0.3 is 5.32 Å². The molecule has 8 heteroatoms. The molecule has 0 unspecified atom stereocenters. The van der Waals surface area contributed by atoms with Crippen LogP contribution < -0.4 is 5.32 Å². The Bertz CT molecular complexity index is 1210. The van der Waals surface area contributed by atoms with Gasteiger partial charge in [-0.1, -0.05) is 36.4 Å². The van der Waals surface area contributed by atoms with Crippen molar-refractivity contribution in [3.05, 3.63) is 85.2 Å². The molecule has 0 amide bonds. The highest BCUT2D eigenvalue weighted by Crippen LogP contribution is 2.22. The van der Waals surface area contributed by atoms with Gasteiger partial charge in [-0.25, -0.2) is 19.6 Å². The number of nitrogens with one attached hydrogen (secondary N) is 1. The van der Waals surface area contributed by atoms with Gasteiger partial charge in [-0.05, 0) is 6.07 Å². The lowest BCUT2D eigenvalue weighted by Crippen LogP contribution is -2.10. The summed E-state index contributed by atoms with van der Waals surface area (Å²) in [6.07, 6.45) is 6.62. The minimum atomic E-state index is 0.552. The Labute approximate surface area is 160 Å². The second kappa shape index (κ2) is 6.92. The Morgan fingerprint density at radius 2 is 1.86 bits per heavy atom. The fraction of sp³-hybridized carbons (Fsp3) is 0.0500. The van der Waals surface area contributed by atoms with Gasteiger partial charge in [0.1, 0.15) is 18.5 Å². The van der Waals surface area contributed by atoms with E-state index in [9.17, 15) is 0 Å². The molecule has 1 N–H and O–H groups in total. The summed E-state index contributed by atoms with van der Waals surface area (Å²) in [6, 6.07) is 17.9. The maximum absolute atomic E-state index is 4.71. The molecule has 5 aromatic rings. The molecule has 0 fully saturated rings. The van der Waals surface area contributed by atoms with Gasteiger partial charge >= 0.3 is 0 Å². The summed E-state index contributed by atoms with van der Waals surface area (Å²) in [5.41, 5.74) is 3.72. The van der Waals surface area contributed by atoms with E-state index in [0.29, 0.717) is 6.54 Å². The highest BCUT2D eigenvalue weighted by atomic mass is 15.3. The van der Waals surface area contributed by atoms with E-state index in [1.807, 2.05) is 54.6 Å². The minimum Gasteiger partial charge on any atom is -0.366 e. The van der Waals surface area contributed by atoms with Crippen LogP contribution in [-0.2, 0) is 6.54 Å². The third-order valence-electron chi connectivity index (χ3n) is 4.39. The van der Waals surface area contributed by atoms with Crippen molar-refractivity contribution >= 4 is 11.5 Å². The number of anilines is 1. The van der Waals surface area contributed by atoms with E-state index in [-0.39, 0.29) is 0 Å². The summed E-state index contributed by atoms with van der Waals surface area (Å²) in [4.78, 5) is 13.1. The molecule has 0 saturated carbocycles. The zero-order valence-corrected chi connectivity index (χ0v) is 14.8. The Morgan fingerprint density at radius 1 is 0.929 bits per heavy atom. The summed E-state index contributed by atoms with van der Waals surface area (Å²) in [7, 11) is 0. The fourth-order valence-electron chi connectivity index (χ4n) is 3.07. The minimum absolute atomic E-state index is 0.552. The zero-order valence-electron chi connectivity index (χ0n) is 14.8. The fourth-order valence-corrected chi connectivity index (χ4v) is 3.07. The largest absolute Gasteiger partial charge is 0.366 e. The highest BCUT2D eigenvalue weighted by Gasteiger charge is 2.10. The predicted octanol–water partition coefficient (Wildman–Crippen LogP) is 2.98. The van der Waals surface area contributed by atoms with Gasteiger partial charge in [-0.2, -0.15) is 14.7 Å². The van der Waals surface area contributed by atoms with Crippen molar-refractivity contribution in [2.45, 2.75) is 6.54 Å². The van der Waals surface area contributed by atoms with Crippen LogP contribution in [0, 0.1) is 0 Å². The first kappa shape index (κ1) is 16.1. The van der Waals surface area contributed by atoms with Crippen molar-refractivity contribution in [3.8, 4) is 17.1 Å². The van der Waals surface area contributed by atoms with Crippen molar-refractivity contribution in [1.82, 2.24) is 34.3 Å². The molecule has 0 aliphatic carbocycles. The molecule has 0 aliphatic rings. The molecule has 4 aromatic heterocycles. The van der Waals surface area contributed by atoms with Crippen LogP contribution in [0.1, 0.15) is 5.56 Å². The van der Waals surface area contributed by atoms with E-state index in [1.54, 1.807) is 27.9 Å². The van der Waals surface area contributed by atoms with E-state index in [2.05, 4.69) is 25.5 Å². The number of nitrogens with zero attached hydrogens (tertiary/aromatic N) is 7. The van der Waals surface area contributed by atoms with Gasteiger partial charge in [0.2, 0.25) is 0 Å². The molecule has 0 saturated heterocycles. The smallest absolute Gasteiger partial charge is 0.160 e. The van der Waals surface area contributed by atoms with Crippen molar-refractivity contribution in [2.24, 2.45) is 0 Å². The van der Waals surface area contributed by atoms with E-state index in [4.69, 9.17) is 4.98 Å². The third kappa shape index (κ3) is 2.96. The van der Waals surface area contributed by atoms with Gasteiger partial charge in [-0.3, -0.25) is 0 Å². The lowest BCUT2D eigenvalue weighted by molar-refractivity contribution is 0.825. The number of fused-ring (bicyclic) bond motifs is 1. The number of hydrogen-bond donors (Lipinski definition) is 1. The lowest BCUT2D eigenvalue weighted by Gasteiger charge is -2.12. The van der Waals surface area contributed by atoms with Gasteiger partial charge in [0.25, 0.3) is 0 Å². The molecule has 0 aliphatic heterocycles. The molecular formula is C20H16N8. The number of rotatable bonds is 5. The quantitative estimate of drug-likeness (QED) is 0.513. The van der Waals surface area contributed by atoms with Gasteiger partial charge in [0, 0.05) is 36.0 Å². The maximum Gasteiger partial charge on any atom is 0.160 e. The molecule has 136 valence electrons. The standard InChI is InChI=1S/C20H16N8/c1-2-5-15(6-3-1)17-11-19(28-18(26-17)8-10-24-28)23-12-16-7-4-9-22-20(16)27-14-21-13-25-27/h1-11,13-14,23H,12H2. The summed E-state index contributed by atoms with van der Waals surface area (Å²) in [5, 5.41) is 12.0. The number of hydrogen-bond acceptors (Lipinski definition) is 6. The van der Waals surface area contributed by atoms with Crippen LogP contribution in [0.3, 0.4) is 0 Å². The number of benzene rings is 1. The highest BCUT2D eigenvalue weighted by molar-refractivity contribution is 5.66. The number of aromatic nitrogens is 7. The van der Waals surface area contributed by atoms with Gasteiger partial charge in [-0.15, -0.1) is 0 Å². The normalized spacial score (nSPS) is 11.0. The van der Waals surface area contributed by atoms with Crippen molar-refractivity contribution in [1.29, 1.82) is 0 Å². The topological polar surface area (TPSA) is 85.8 Å². The molecule has 0 atom stereocenters. The van der Waals surface area contributed by atoms with Gasteiger partial charge in [0.15, 0.2) is 11.5 Å². The van der Waals surface area contributed by atoms with Crippen molar-refractivity contribution < 1.29 is 0 Å². The van der Waals surface area contributed by atoms with Crippen LogP contribution in [-0.4, -0.2) is 34.3 Å². The monoisotopic (exact) mass is 368 g/mol. The molecule has 4 heterocycles. The van der Waals surface area contributed by atoms with Crippen molar-refractivity contribution in [2.75, 3.05) is 5.32 Å². The summed E-state index contributed by atoms with van der Waals surface area (Å²) in [6.45, 7) is 0.552. The van der Waals surface area contributed by atoms with E-state index in [0.717, 1.165) is 34.1 Å². The summed E-state index contributed by atoms with van der Waals surface area (Å²) < 4.78 is 3.44. The second-order valence-corrected chi connectivity index (χ2v) is 6.17. The summed E-state index contributed by atoms with van der Waals surface area (Å²) in [5.74, 6) is 1.59. The average molecular weight is 368 g/mol. The lowest BCUT2D eigenvalue weighted by atomic mass is 10.1. The molecule has 0 bridgehead atoms. The SMILES string of the molecule is c1ccc(-c2cc(NCc3cccnc3-n3cncn3)n3nccc3n2)cc1. The van der Waals surface area contributed by atoms with E-state index >= 15 is 0 Å². The van der Waals surface area contributed by atoms with Crippen LogP contribution in [0.15, 0.2) is 79.6 Å². The first-order chi connectivity index (χ1) is 13.9. The number of pyridine rings is 1. The van der Waals surface area contributed by atoms with Crippen molar-refractivity contribution in [3.63, 3.8) is 0 Å². The Hall–Kier alpha value is -4.07. The molecular weight excluding hydrogens is 352 g/mol. The first-order valence-corrected chi connectivity index (χ1v) is 8.81. The van der Waals surface area contributed by atoms with Gasteiger partial charge in [0.05, 0.1) is 11.9 Å². The molecule has 0 spiro atoms. The van der Waals surface area contributed by atoms with E-state index < -0.39 is 0 Å². The van der Waals surface area contributed by atoms with Crippen LogP contribution in [0.2, 0.25) is 0 Å². The molecule has 1 aromatic carbocycles. The first-order valence-electron chi connectivity index (χ1n) is 8.81. The van der Waals surface area contributed by atoms with Crippen LogP contribution in [0.25, 0.3) is 22.7 Å². The molecule has 8 nitrogen and oxygen atoms in total. The molecule has 5 rings (SSSR count). The predicted molar refractivity (Wildman–Crippen MR) is 105 cm³/mol. The Morgan fingerprint density at radius 3 is 2.71 bits per heavy atom. The van der Waals surface area contributed by atoms with Crippen LogP contribution in [0.4, 0.5) is 5.82 Å². The summed E-state index contributed by atoms with van der Waals surface area (Å²) >= 11 is 0. The third-order valence-corrected chi connectivity index (χ3v) is 4.39. The second-order valence-electron chi connectivity index (χ2n) is 6.17. The average Bonchev–Trinajstić information content (AvgIpc) is 3.45.